The highest BCUT2D eigenvalue weighted by molar-refractivity contribution is 9.10. The Balaban J connectivity index is 1.90. The van der Waals surface area contributed by atoms with E-state index in [1.165, 1.54) is 5.69 Å². The summed E-state index contributed by atoms with van der Waals surface area (Å²) in [5.41, 5.74) is 1.26. The minimum absolute atomic E-state index is 0.0533. The summed E-state index contributed by atoms with van der Waals surface area (Å²) in [4.78, 5) is 2.31. The number of halogens is 1. The van der Waals surface area contributed by atoms with Gasteiger partial charge in [0.25, 0.3) is 0 Å². The van der Waals surface area contributed by atoms with Crippen molar-refractivity contribution in [2.24, 2.45) is 5.92 Å². The van der Waals surface area contributed by atoms with E-state index in [2.05, 4.69) is 46.1 Å². The largest absolute Gasteiger partial charge is 0.393 e. The third-order valence-corrected chi connectivity index (χ3v) is 4.09. The van der Waals surface area contributed by atoms with Crippen molar-refractivity contribution in [2.45, 2.75) is 31.8 Å². The van der Waals surface area contributed by atoms with E-state index < -0.39 is 0 Å². The van der Waals surface area contributed by atoms with Crippen LogP contribution >= 0.6 is 15.9 Å². The SMILES string of the molecule is CN(CC1CCC(O)CC1)c1cccc(Br)c1. The molecule has 1 aromatic rings. The number of nitrogens with zero attached hydrogens (tertiary/aromatic N) is 1. The summed E-state index contributed by atoms with van der Waals surface area (Å²) in [7, 11) is 2.15. The van der Waals surface area contributed by atoms with E-state index >= 15 is 0 Å². The molecule has 0 bridgehead atoms. The zero-order chi connectivity index (χ0) is 12.3. The lowest BCUT2D eigenvalue weighted by Gasteiger charge is -2.30. The van der Waals surface area contributed by atoms with Crippen LogP contribution in [-0.2, 0) is 0 Å². The van der Waals surface area contributed by atoms with Crippen LogP contribution in [0.15, 0.2) is 28.7 Å². The summed E-state index contributed by atoms with van der Waals surface area (Å²) in [5.74, 6) is 0.724. The standard InChI is InChI=1S/C14H20BrNO/c1-16(13-4-2-3-12(15)9-13)10-11-5-7-14(17)8-6-11/h2-4,9,11,14,17H,5-8,10H2,1H3. The van der Waals surface area contributed by atoms with Crippen LogP contribution in [0.4, 0.5) is 5.69 Å². The number of hydrogen-bond acceptors (Lipinski definition) is 2. The first-order valence-electron chi connectivity index (χ1n) is 6.30. The van der Waals surface area contributed by atoms with E-state index in [9.17, 15) is 5.11 Å². The van der Waals surface area contributed by atoms with E-state index in [-0.39, 0.29) is 6.10 Å². The molecule has 17 heavy (non-hydrogen) atoms. The fourth-order valence-electron chi connectivity index (χ4n) is 2.53. The fourth-order valence-corrected chi connectivity index (χ4v) is 2.92. The Morgan fingerprint density at radius 3 is 2.65 bits per heavy atom. The molecule has 3 heteroatoms. The predicted molar refractivity (Wildman–Crippen MR) is 75.4 cm³/mol. The first-order valence-corrected chi connectivity index (χ1v) is 7.09. The molecule has 0 aromatic heterocycles. The lowest BCUT2D eigenvalue weighted by atomic mass is 9.87. The van der Waals surface area contributed by atoms with Crippen molar-refractivity contribution in [2.75, 3.05) is 18.5 Å². The van der Waals surface area contributed by atoms with E-state index in [0.29, 0.717) is 0 Å². The molecule has 0 spiro atoms. The molecule has 1 aromatic carbocycles. The molecule has 0 heterocycles. The molecule has 1 saturated carbocycles. The van der Waals surface area contributed by atoms with Gasteiger partial charge in [-0.05, 0) is 49.8 Å². The van der Waals surface area contributed by atoms with Crippen molar-refractivity contribution in [3.05, 3.63) is 28.7 Å². The average Bonchev–Trinajstić information content (AvgIpc) is 2.32. The van der Waals surface area contributed by atoms with Crippen LogP contribution in [0.3, 0.4) is 0 Å². The summed E-state index contributed by atoms with van der Waals surface area (Å²) in [5, 5.41) is 9.49. The fraction of sp³-hybridized carbons (Fsp3) is 0.571. The highest BCUT2D eigenvalue weighted by atomic mass is 79.9. The van der Waals surface area contributed by atoms with E-state index in [1.54, 1.807) is 0 Å². The normalized spacial score (nSPS) is 24.6. The monoisotopic (exact) mass is 297 g/mol. The highest BCUT2D eigenvalue weighted by Gasteiger charge is 2.20. The van der Waals surface area contributed by atoms with E-state index in [1.807, 2.05) is 6.07 Å². The zero-order valence-electron chi connectivity index (χ0n) is 10.3. The van der Waals surface area contributed by atoms with Crippen molar-refractivity contribution in [3.63, 3.8) is 0 Å². The molecule has 0 aliphatic heterocycles. The topological polar surface area (TPSA) is 23.5 Å². The van der Waals surface area contributed by atoms with Crippen molar-refractivity contribution >= 4 is 21.6 Å². The second-order valence-electron chi connectivity index (χ2n) is 5.03. The predicted octanol–water partition coefficient (Wildman–Crippen LogP) is 3.44. The maximum absolute atomic E-state index is 9.49. The van der Waals surface area contributed by atoms with Crippen LogP contribution in [0.1, 0.15) is 25.7 Å². The molecule has 0 saturated heterocycles. The maximum Gasteiger partial charge on any atom is 0.0540 e. The number of benzene rings is 1. The molecule has 1 aliphatic carbocycles. The maximum atomic E-state index is 9.49. The molecule has 0 unspecified atom stereocenters. The molecule has 1 aliphatic rings. The smallest absolute Gasteiger partial charge is 0.0540 e. The summed E-state index contributed by atoms with van der Waals surface area (Å²) < 4.78 is 1.13. The molecule has 1 fully saturated rings. The van der Waals surface area contributed by atoms with Crippen LogP contribution in [0.2, 0.25) is 0 Å². The van der Waals surface area contributed by atoms with Crippen LogP contribution in [0.25, 0.3) is 0 Å². The van der Waals surface area contributed by atoms with Crippen molar-refractivity contribution in [1.82, 2.24) is 0 Å². The van der Waals surface area contributed by atoms with Gasteiger partial charge in [0.05, 0.1) is 6.10 Å². The third-order valence-electron chi connectivity index (χ3n) is 3.60. The van der Waals surface area contributed by atoms with Crippen molar-refractivity contribution in [3.8, 4) is 0 Å². The molecule has 1 N–H and O–H groups in total. The summed E-state index contributed by atoms with van der Waals surface area (Å²) in [6, 6.07) is 8.41. The van der Waals surface area contributed by atoms with Gasteiger partial charge in [-0.2, -0.15) is 0 Å². The Morgan fingerprint density at radius 1 is 1.29 bits per heavy atom. The number of aliphatic hydroxyl groups excluding tert-OH is 1. The van der Waals surface area contributed by atoms with Gasteiger partial charge < -0.3 is 10.0 Å². The van der Waals surface area contributed by atoms with E-state index in [4.69, 9.17) is 0 Å². The molecule has 2 nitrogen and oxygen atoms in total. The van der Waals surface area contributed by atoms with Gasteiger partial charge in [-0.15, -0.1) is 0 Å². The second kappa shape index (κ2) is 5.87. The van der Waals surface area contributed by atoms with Crippen molar-refractivity contribution in [1.29, 1.82) is 0 Å². The Kier molecular flexibility index (Phi) is 4.46. The molecule has 2 rings (SSSR count). The van der Waals surface area contributed by atoms with Crippen LogP contribution in [-0.4, -0.2) is 24.8 Å². The van der Waals surface area contributed by atoms with Gasteiger partial charge in [-0.3, -0.25) is 0 Å². The lowest BCUT2D eigenvalue weighted by Crippen LogP contribution is -2.29. The number of anilines is 1. The average molecular weight is 298 g/mol. The number of aliphatic hydroxyl groups is 1. The van der Waals surface area contributed by atoms with Crippen LogP contribution < -0.4 is 4.90 Å². The molecular weight excluding hydrogens is 278 g/mol. The minimum atomic E-state index is -0.0533. The van der Waals surface area contributed by atoms with Gasteiger partial charge in [-0.25, -0.2) is 0 Å². The summed E-state index contributed by atoms with van der Waals surface area (Å²) in [6.07, 6.45) is 4.19. The van der Waals surface area contributed by atoms with Gasteiger partial charge in [0.1, 0.15) is 0 Å². The third kappa shape index (κ3) is 3.71. The summed E-state index contributed by atoms with van der Waals surface area (Å²) >= 11 is 3.50. The van der Waals surface area contributed by atoms with E-state index in [0.717, 1.165) is 42.6 Å². The number of hydrogen-bond donors (Lipinski definition) is 1. The minimum Gasteiger partial charge on any atom is -0.393 e. The molecule has 94 valence electrons. The van der Waals surface area contributed by atoms with Gasteiger partial charge in [0.15, 0.2) is 0 Å². The highest BCUT2D eigenvalue weighted by Crippen LogP contribution is 2.27. The van der Waals surface area contributed by atoms with Crippen molar-refractivity contribution < 1.29 is 5.11 Å². The van der Waals surface area contributed by atoms with Crippen LogP contribution in [0, 0.1) is 5.92 Å². The Hall–Kier alpha value is -0.540. The van der Waals surface area contributed by atoms with Gasteiger partial charge in [0, 0.05) is 23.8 Å². The number of rotatable bonds is 3. The molecule has 0 radical (unpaired) electrons. The molecule has 0 atom stereocenters. The Bertz CT molecular complexity index is 361. The zero-order valence-corrected chi connectivity index (χ0v) is 11.9. The molecular formula is C14H20BrNO. The van der Waals surface area contributed by atoms with Gasteiger partial charge in [0.2, 0.25) is 0 Å². The lowest BCUT2D eigenvalue weighted by molar-refractivity contribution is 0.110. The Morgan fingerprint density at radius 2 is 2.00 bits per heavy atom. The quantitative estimate of drug-likeness (QED) is 0.924. The van der Waals surface area contributed by atoms with Crippen LogP contribution in [0.5, 0.6) is 0 Å². The Labute approximate surface area is 112 Å². The van der Waals surface area contributed by atoms with Gasteiger partial charge >= 0.3 is 0 Å². The van der Waals surface area contributed by atoms with Gasteiger partial charge in [-0.1, -0.05) is 22.0 Å². The first kappa shape index (κ1) is 12.9. The summed E-state index contributed by atoms with van der Waals surface area (Å²) in [6.45, 7) is 1.09. The first-order chi connectivity index (χ1) is 8.15. The molecule has 0 amide bonds. The second-order valence-corrected chi connectivity index (χ2v) is 5.95.